The van der Waals surface area contributed by atoms with Crippen LogP contribution >= 0.6 is 11.3 Å². The second-order valence-electron chi connectivity index (χ2n) is 3.10. The van der Waals surface area contributed by atoms with Gasteiger partial charge in [0, 0.05) is 11.1 Å². The lowest BCUT2D eigenvalue weighted by Gasteiger charge is -1.97. The molecule has 0 saturated carbocycles. The molecule has 1 heterocycles. The van der Waals surface area contributed by atoms with Crippen molar-refractivity contribution in [3.05, 3.63) is 16.1 Å². The lowest BCUT2D eigenvalue weighted by Crippen LogP contribution is -1.89. The lowest BCUT2D eigenvalue weighted by molar-refractivity contribution is 0.653. The Morgan fingerprint density at radius 3 is 2.92 bits per heavy atom. The summed E-state index contributed by atoms with van der Waals surface area (Å²) in [5.74, 6) is 6.51. The number of hydrogen-bond acceptors (Lipinski definition) is 2. The number of thiazole rings is 1. The topological polar surface area (TPSA) is 12.9 Å². The first kappa shape index (κ1) is 9.28. The number of nitrogens with zero attached hydrogens (tertiary/aromatic N) is 1. The molecule has 1 aromatic rings. The second-order valence-corrected chi connectivity index (χ2v) is 4.22. The molecule has 0 aliphatic rings. The quantitative estimate of drug-likeness (QED) is 0.636. The maximum absolute atomic E-state index is 4.20. The minimum absolute atomic E-state index is 0.702. The van der Waals surface area contributed by atoms with Gasteiger partial charge < -0.3 is 0 Å². The van der Waals surface area contributed by atoms with Crippen molar-refractivity contribution in [3.8, 4) is 11.8 Å². The highest BCUT2D eigenvalue weighted by molar-refractivity contribution is 7.12. The van der Waals surface area contributed by atoms with Gasteiger partial charge in [-0.3, -0.25) is 0 Å². The molecule has 2 heteroatoms. The van der Waals surface area contributed by atoms with E-state index in [-0.39, 0.29) is 0 Å². The van der Waals surface area contributed by atoms with Gasteiger partial charge in [-0.1, -0.05) is 19.8 Å². The van der Waals surface area contributed by atoms with Crippen LogP contribution in [0.5, 0.6) is 0 Å². The van der Waals surface area contributed by atoms with E-state index in [4.69, 9.17) is 0 Å². The average Bonchev–Trinajstić information content (AvgIpc) is 2.36. The standard InChI is InChI=1S/C10H13NS/c1-4-5-10-11-7-9(12-10)6-8(2)3/h7-8H,6H2,1-3H3. The highest BCUT2D eigenvalue weighted by Gasteiger charge is 2.01. The Kier molecular flexibility index (Phi) is 3.31. The van der Waals surface area contributed by atoms with Gasteiger partial charge in [0.15, 0.2) is 5.01 Å². The summed E-state index contributed by atoms with van der Waals surface area (Å²) in [5, 5.41) is 0.938. The van der Waals surface area contributed by atoms with Crippen LogP contribution in [0.15, 0.2) is 6.20 Å². The Balaban J connectivity index is 2.68. The van der Waals surface area contributed by atoms with Crippen molar-refractivity contribution in [2.75, 3.05) is 0 Å². The van der Waals surface area contributed by atoms with Gasteiger partial charge in [0.2, 0.25) is 0 Å². The molecular formula is C10H13NS. The molecule has 12 heavy (non-hydrogen) atoms. The normalized spacial score (nSPS) is 9.67. The molecule has 64 valence electrons. The van der Waals surface area contributed by atoms with E-state index >= 15 is 0 Å². The van der Waals surface area contributed by atoms with E-state index < -0.39 is 0 Å². The molecule has 0 N–H and O–H groups in total. The smallest absolute Gasteiger partial charge is 0.167 e. The summed E-state index contributed by atoms with van der Waals surface area (Å²) in [5.41, 5.74) is 0. The van der Waals surface area contributed by atoms with Gasteiger partial charge >= 0.3 is 0 Å². The second kappa shape index (κ2) is 4.27. The average molecular weight is 179 g/mol. The van der Waals surface area contributed by atoms with Gasteiger partial charge in [0.1, 0.15) is 0 Å². The minimum atomic E-state index is 0.702. The molecule has 1 rings (SSSR count). The van der Waals surface area contributed by atoms with E-state index in [0.717, 1.165) is 11.4 Å². The van der Waals surface area contributed by atoms with Gasteiger partial charge in [-0.05, 0) is 25.2 Å². The molecule has 1 aromatic heterocycles. The summed E-state index contributed by atoms with van der Waals surface area (Å²) < 4.78 is 0. The molecule has 0 aliphatic heterocycles. The molecule has 0 fully saturated rings. The minimum Gasteiger partial charge on any atom is -0.236 e. The fraction of sp³-hybridized carbons (Fsp3) is 0.500. The predicted molar refractivity (Wildman–Crippen MR) is 53.2 cm³/mol. The first-order valence-electron chi connectivity index (χ1n) is 4.10. The van der Waals surface area contributed by atoms with E-state index in [9.17, 15) is 0 Å². The summed E-state index contributed by atoms with van der Waals surface area (Å²) in [6.45, 7) is 6.26. The third-order valence-electron chi connectivity index (χ3n) is 1.39. The van der Waals surface area contributed by atoms with E-state index in [0.29, 0.717) is 5.92 Å². The molecule has 0 bridgehead atoms. The molecule has 0 amide bonds. The van der Waals surface area contributed by atoms with Gasteiger partial charge in [-0.2, -0.15) is 0 Å². The van der Waals surface area contributed by atoms with Crippen molar-refractivity contribution in [2.24, 2.45) is 5.92 Å². The van der Waals surface area contributed by atoms with E-state index in [1.54, 1.807) is 11.3 Å². The van der Waals surface area contributed by atoms with Gasteiger partial charge in [0.05, 0.1) is 0 Å². The number of rotatable bonds is 2. The highest BCUT2D eigenvalue weighted by Crippen LogP contribution is 2.15. The van der Waals surface area contributed by atoms with E-state index in [1.807, 2.05) is 13.1 Å². The van der Waals surface area contributed by atoms with Crippen molar-refractivity contribution in [1.29, 1.82) is 0 Å². The molecule has 0 unspecified atom stereocenters. The van der Waals surface area contributed by atoms with Crippen LogP contribution in [0.1, 0.15) is 30.7 Å². The number of hydrogen-bond donors (Lipinski definition) is 0. The van der Waals surface area contributed by atoms with Crippen LogP contribution in [0, 0.1) is 17.8 Å². The summed E-state index contributed by atoms with van der Waals surface area (Å²) >= 11 is 1.70. The van der Waals surface area contributed by atoms with Crippen LogP contribution in [-0.2, 0) is 6.42 Å². The molecule has 0 aliphatic carbocycles. The predicted octanol–water partition coefficient (Wildman–Crippen LogP) is 2.71. The zero-order valence-electron chi connectivity index (χ0n) is 7.72. The fourth-order valence-corrected chi connectivity index (χ4v) is 2.00. The van der Waals surface area contributed by atoms with E-state index in [2.05, 4.69) is 30.7 Å². The third-order valence-corrected chi connectivity index (χ3v) is 2.33. The van der Waals surface area contributed by atoms with Gasteiger partial charge in [-0.15, -0.1) is 11.3 Å². The monoisotopic (exact) mass is 179 g/mol. The van der Waals surface area contributed by atoms with Gasteiger partial charge in [0.25, 0.3) is 0 Å². The maximum atomic E-state index is 4.20. The Bertz CT molecular complexity index is 301. The van der Waals surface area contributed by atoms with E-state index in [1.165, 1.54) is 4.88 Å². The summed E-state index contributed by atoms with van der Waals surface area (Å²) in [6.07, 6.45) is 3.05. The molecule has 0 spiro atoms. The summed E-state index contributed by atoms with van der Waals surface area (Å²) in [4.78, 5) is 5.54. The molecule has 0 aromatic carbocycles. The Morgan fingerprint density at radius 2 is 2.33 bits per heavy atom. The van der Waals surface area contributed by atoms with Gasteiger partial charge in [-0.25, -0.2) is 4.98 Å². The van der Waals surface area contributed by atoms with Crippen molar-refractivity contribution in [1.82, 2.24) is 4.98 Å². The SMILES string of the molecule is CC#Cc1ncc(CC(C)C)s1. The zero-order chi connectivity index (χ0) is 8.97. The van der Waals surface area contributed by atoms with Crippen LogP contribution < -0.4 is 0 Å². The molecular weight excluding hydrogens is 166 g/mol. The van der Waals surface area contributed by atoms with Crippen LogP contribution in [0.3, 0.4) is 0 Å². The number of aromatic nitrogens is 1. The Hall–Kier alpha value is -0.810. The van der Waals surface area contributed by atoms with Crippen molar-refractivity contribution >= 4 is 11.3 Å². The molecule has 0 atom stereocenters. The largest absolute Gasteiger partial charge is 0.236 e. The zero-order valence-corrected chi connectivity index (χ0v) is 8.53. The first-order valence-corrected chi connectivity index (χ1v) is 4.91. The first-order chi connectivity index (χ1) is 5.72. The maximum Gasteiger partial charge on any atom is 0.167 e. The molecule has 1 nitrogen and oxygen atoms in total. The van der Waals surface area contributed by atoms with Crippen LogP contribution in [0.4, 0.5) is 0 Å². The summed E-state index contributed by atoms with van der Waals surface area (Å²) in [7, 11) is 0. The van der Waals surface area contributed by atoms with Crippen LogP contribution in [0.25, 0.3) is 0 Å². The lowest BCUT2D eigenvalue weighted by atomic mass is 10.1. The Morgan fingerprint density at radius 1 is 1.58 bits per heavy atom. The van der Waals surface area contributed by atoms with Crippen molar-refractivity contribution in [2.45, 2.75) is 27.2 Å². The van der Waals surface area contributed by atoms with Crippen molar-refractivity contribution in [3.63, 3.8) is 0 Å². The summed E-state index contributed by atoms with van der Waals surface area (Å²) in [6, 6.07) is 0. The van der Waals surface area contributed by atoms with Crippen LogP contribution in [0.2, 0.25) is 0 Å². The molecule has 0 saturated heterocycles. The molecule has 0 radical (unpaired) electrons. The third kappa shape index (κ3) is 2.67. The highest BCUT2D eigenvalue weighted by atomic mass is 32.1. The van der Waals surface area contributed by atoms with Crippen LogP contribution in [-0.4, -0.2) is 4.98 Å². The van der Waals surface area contributed by atoms with Crippen molar-refractivity contribution < 1.29 is 0 Å². The fourth-order valence-electron chi connectivity index (χ4n) is 0.969. The Labute approximate surface area is 77.8 Å².